The molecule has 2 amide bonds. The average molecular weight is 620 g/mol. The fourth-order valence-electron chi connectivity index (χ4n) is 6.32. The third-order valence-corrected chi connectivity index (χ3v) is 9.76. The molecule has 1 atom stereocenters. The van der Waals surface area contributed by atoms with Crippen molar-refractivity contribution in [2.75, 3.05) is 16.4 Å². The molecule has 0 saturated carbocycles. The van der Waals surface area contributed by atoms with E-state index in [1.165, 1.54) is 4.90 Å². The maximum Gasteiger partial charge on any atom is 0.350 e. The zero-order valence-corrected chi connectivity index (χ0v) is 26.2. The lowest BCUT2D eigenvalue weighted by Gasteiger charge is -2.32. The largest absolute Gasteiger partial charge is 0.462 e. The van der Waals surface area contributed by atoms with E-state index in [2.05, 4.69) is 4.98 Å². The number of aromatic nitrogens is 1. The number of carbonyl (C=O) groups excluding carboxylic acids is 3. The summed E-state index contributed by atoms with van der Waals surface area (Å²) in [6, 6.07) is 18.5. The number of esters is 1. The molecule has 0 aliphatic carbocycles. The molecule has 2 aliphatic heterocycles. The highest BCUT2D eigenvalue weighted by molar-refractivity contribution is 7.17. The smallest absolute Gasteiger partial charge is 0.350 e. The Morgan fingerprint density at radius 1 is 0.978 bits per heavy atom. The number of hydrogen-bond donors (Lipinski definition) is 0. The van der Waals surface area contributed by atoms with E-state index in [9.17, 15) is 14.4 Å². The number of amides is 2. The van der Waals surface area contributed by atoms with Gasteiger partial charge in [0.1, 0.15) is 10.5 Å². The Labute approximate surface area is 262 Å². The van der Waals surface area contributed by atoms with Crippen molar-refractivity contribution in [1.82, 2.24) is 4.98 Å². The van der Waals surface area contributed by atoms with Gasteiger partial charge in [-0.3, -0.25) is 19.3 Å². The van der Waals surface area contributed by atoms with Crippen molar-refractivity contribution in [3.8, 4) is 0 Å². The van der Waals surface area contributed by atoms with Crippen LogP contribution in [0.4, 0.5) is 10.8 Å². The molecule has 10 heteroatoms. The summed E-state index contributed by atoms with van der Waals surface area (Å²) in [4.78, 5) is 64.8. The Hall–Kier alpha value is -5.09. The first-order chi connectivity index (χ1) is 21.6. The van der Waals surface area contributed by atoms with Crippen LogP contribution in [0.1, 0.15) is 66.2 Å². The number of para-hydroxylation sites is 1. The summed E-state index contributed by atoms with van der Waals surface area (Å²) in [5.74, 6) is -1.98. The molecule has 0 saturated heterocycles. The van der Waals surface area contributed by atoms with Gasteiger partial charge in [-0.2, -0.15) is 0 Å². The van der Waals surface area contributed by atoms with Gasteiger partial charge in [-0.25, -0.2) is 9.78 Å². The van der Waals surface area contributed by atoms with Crippen molar-refractivity contribution < 1.29 is 23.5 Å². The quantitative estimate of drug-likeness (QED) is 0.218. The summed E-state index contributed by atoms with van der Waals surface area (Å²) in [5, 5.41) is 0.360. The van der Waals surface area contributed by atoms with Crippen LogP contribution >= 0.6 is 11.3 Å². The number of benzene rings is 3. The Morgan fingerprint density at radius 3 is 2.42 bits per heavy atom. The van der Waals surface area contributed by atoms with Gasteiger partial charge in [0, 0.05) is 5.56 Å². The minimum absolute atomic E-state index is 0.0577. The molecule has 2 aromatic heterocycles. The molecule has 3 aromatic carbocycles. The lowest BCUT2D eigenvalue weighted by molar-refractivity contribution is -0.121. The maximum absolute atomic E-state index is 15.1. The van der Waals surface area contributed by atoms with Crippen LogP contribution in [0.3, 0.4) is 0 Å². The van der Waals surface area contributed by atoms with Crippen molar-refractivity contribution >= 4 is 50.9 Å². The lowest BCUT2D eigenvalue weighted by Crippen LogP contribution is -2.53. The topological polar surface area (TPSA) is 110 Å². The van der Waals surface area contributed by atoms with E-state index >= 15 is 4.79 Å². The highest BCUT2D eigenvalue weighted by Crippen LogP contribution is 2.55. The number of aryl methyl sites for hydroxylation is 4. The molecule has 1 unspecified atom stereocenters. The summed E-state index contributed by atoms with van der Waals surface area (Å²) < 4.78 is 11.5. The molecule has 2 aliphatic rings. The molecule has 5 aromatic rings. The molecular formula is C35H29N3O6S. The van der Waals surface area contributed by atoms with Crippen LogP contribution in [0.15, 0.2) is 69.9 Å². The zero-order valence-electron chi connectivity index (χ0n) is 25.4. The van der Waals surface area contributed by atoms with E-state index in [4.69, 9.17) is 9.15 Å². The van der Waals surface area contributed by atoms with Gasteiger partial charge in [0.15, 0.2) is 16.1 Å². The number of fused-ring (bicyclic) bond motifs is 5. The number of rotatable bonds is 5. The van der Waals surface area contributed by atoms with E-state index in [0.29, 0.717) is 16.9 Å². The first kappa shape index (κ1) is 28.7. The Bertz CT molecular complexity index is 2150. The summed E-state index contributed by atoms with van der Waals surface area (Å²) in [6.07, 6.45) is 0. The molecule has 4 heterocycles. The maximum atomic E-state index is 15.1. The van der Waals surface area contributed by atoms with Crippen molar-refractivity contribution in [2.24, 2.45) is 0 Å². The molecule has 7 rings (SSSR count). The monoisotopic (exact) mass is 619 g/mol. The predicted molar refractivity (Wildman–Crippen MR) is 171 cm³/mol. The Morgan fingerprint density at radius 2 is 1.69 bits per heavy atom. The van der Waals surface area contributed by atoms with E-state index in [-0.39, 0.29) is 45.5 Å². The molecule has 1 spiro atoms. The van der Waals surface area contributed by atoms with Gasteiger partial charge < -0.3 is 14.1 Å². The molecule has 9 nitrogen and oxygen atoms in total. The second-order valence-electron chi connectivity index (χ2n) is 11.4. The van der Waals surface area contributed by atoms with Crippen molar-refractivity contribution in [1.29, 1.82) is 0 Å². The van der Waals surface area contributed by atoms with Gasteiger partial charge in [0.05, 0.1) is 35.5 Å². The van der Waals surface area contributed by atoms with Crippen LogP contribution in [0.2, 0.25) is 0 Å². The Kier molecular flexibility index (Phi) is 6.52. The summed E-state index contributed by atoms with van der Waals surface area (Å²) in [6.45, 7) is 9.48. The number of hydrogen-bond acceptors (Lipinski definition) is 8. The first-order valence-corrected chi connectivity index (χ1v) is 15.4. The molecule has 45 heavy (non-hydrogen) atoms. The molecule has 0 radical (unpaired) electrons. The van der Waals surface area contributed by atoms with Crippen LogP contribution < -0.4 is 15.2 Å². The predicted octanol–water partition coefficient (Wildman–Crippen LogP) is 6.11. The third-order valence-electron chi connectivity index (χ3n) is 8.64. The molecule has 226 valence electrons. The van der Waals surface area contributed by atoms with Crippen molar-refractivity contribution in [2.45, 2.75) is 46.7 Å². The number of thiazole rings is 1. The van der Waals surface area contributed by atoms with Crippen LogP contribution in [-0.4, -0.2) is 29.4 Å². The van der Waals surface area contributed by atoms with Gasteiger partial charge in [-0.15, -0.1) is 0 Å². The van der Waals surface area contributed by atoms with Crippen molar-refractivity contribution in [3.63, 3.8) is 0 Å². The second-order valence-corrected chi connectivity index (χ2v) is 12.4. The summed E-state index contributed by atoms with van der Waals surface area (Å²) in [7, 11) is 0. The van der Waals surface area contributed by atoms with E-state index in [0.717, 1.165) is 33.6 Å². The van der Waals surface area contributed by atoms with E-state index in [1.54, 1.807) is 43.0 Å². The molecule has 0 fully saturated rings. The van der Waals surface area contributed by atoms with Gasteiger partial charge in [0.2, 0.25) is 5.76 Å². The van der Waals surface area contributed by atoms with Crippen LogP contribution in [0.5, 0.6) is 0 Å². The Balaban J connectivity index is 1.54. The van der Waals surface area contributed by atoms with Gasteiger partial charge in [-0.1, -0.05) is 59.4 Å². The lowest BCUT2D eigenvalue weighted by atomic mass is 9.84. The molecular weight excluding hydrogens is 590 g/mol. The number of anilines is 2. The van der Waals surface area contributed by atoms with E-state index < -0.39 is 28.8 Å². The minimum Gasteiger partial charge on any atom is -0.462 e. The van der Waals surface area contributed by atoms with Crippen LogP contribution in [0.25, 0.3) is 11.0 Å². The molecule has 0 N–H and O–H groups in total. The fourth-order valence-corrected chi connectivity index (χ4v) is 7.33. The molecule has 0 bridgehead atoms. The van der Waals surface area contributed by atoms with E-state index in [1.807, 2.05) is 57.2 Å². The average Bonchev–Trinajstić information content (AvgIpc) is 3.60. The van der Waals surface area contributed by atoms with Gasteiger partial charge >= 0.3 is 5.97 Å². The van der Waals surface area contributed by atoms with Gasteiger partial charge in [-0.05, 0) is 69.5 Å². The normalized spacial score (nSPS) is 17.0. The standard InChI is InChI=1S/C35H29N3O6S/c1-6-43-32(41)30-21(5)36-34(45-30)38-31(40)29-27(28(39)23-15-19(3)20(4)16-26(23)44-29)35(38)24-9-7-8-10-25(24)37(33(35)42)17-22-13-11-18(2)12-14-22/h7-16H,6,17H2,1-5H3. The fraction of sp³-hybridized carbons (Fsp3) is 0.229. The second kappa shape index (κ2) is 10.2. The van der Waals surface area contributed by atoms with Gasteiger partial charge in [0.25, 0.3) is 11.8 Å². The number of carbonyl (C=O) groups is 3. The third kappa shape index (κ3) is 4.01. The number of nitrogens with zero attached hydrogens (tertiary/aromatic N) is 3. The highest BCUT2D eigenvalue weighted by Gasteiger charge is 2.66. The number of ether oxygens (including phenoxy) is 1. The van der Waals surface area contributed by atoms with Crippen LogP contribution in [-0.2, 0) is 21.6 Å². The summed E-state index contributed by atoms with van der Waals surface area (Å²) >= 11 is 0.944. The first-order valence-electron chi connectivity index (χ1n) is 14.6. The SMILES string of the molecule is CCOC(=O)c1sc(N2C(=O)c3oc4cc(C)c(C)cc4c(=O)c3C23C(=O)N(Cc2ccc(C)cc2)c2ccccc23)nc1C. The zero-order chi connectivity index (χ0) is 31.8. The summed E-state index contributed by atoms with van der Waals surface area (Å²) in [5.41, 5.74) is 2.90. The van der Waals surface area contributed by atoms with Crippen molar-refractivity contribution in [3.05, 3.63) is 121 Å². The minimum atomic E-state index is -1.92. The van der Waals surface area contributed by atoms with Crippen LogP contribution in [0, 0.1) is 27.7 Å². The highest BCUT2D eigenvalue weighted by atomic mass is 32.1.